The minimum absolute atomic E-state index is 0. The number of ether oxygens (including phenoxy) is 1. The lowest BCUT2D eigenvalue weighted by Gasteiger charge is -2.44. The van der Waals surface area contributed by atoms with Gasteiger partial charge >= 0.3 is 0 Å². The topological polar surface area (TPSA) is 64.4 Å². The Morgan fingerprint density at radius 2 is 1.85 bits per heavy atom. The van der Waals surface area contributed by atoms with Crippen LogP contribution in [-0.2, 0) is 9.53 Å². The third kappa shape index (κ3) is 4.09. The van der Waals surface area contributed by atoms with E-state index in [0.29, 0.717) is 37.4 Å². The number of nitrogens with two attached hydrogens (primary N) is 1. The molecule has 0 aromatic heterocycles. The number of hydrogen-bond acceptors (Lipinski definition) is 3. The normalized spacial score (nSPS) is 23.6. The summed E-state index contributed by atoms with van der Waals surface area (Å²) in [6, 6.07) is 0. The second-order valence-corrected chi connectivity index (χ2v) is 6.90. The highest BCUT2D eigenvalue weighted by molar-refractivity contribution is 5.86. The van der Waals surface area contributed by atoms with Crippen LogP contribution in [0.4, 0.5) is 0 Å². The second kappa shape index (κ2) is 7.10. The molecule has 4 nitrogen and oxygen atoms in total. The molecule has 2 fully saturated rings. The highest BCUT2D eigenvalue weighted by atomic mass is 35.5. The Balaban J connectivity index is 0.00000200. The summed E-state index contributed by atoms with van der Waals surface area (Å²) >= 11 is 0. The van der Waals surface area contributed by atoms with Crippen LogP contribution in [0.1, 0.15) is 52.4 Å². The molecule has 1 saturated heterocycles. The molecule has 0 spiro atoms. The molecule has 1 aliphatic carbocycles. The Morgan fingerprint density at radius 1 is 1.25 bits per heavy atom. The third-order valence-electron chi connectivity index (χ3n) is 4.72. The number of rotatable bonds is 5. The van der Waals surface area contributed by atoms with E-state index >= 15 is 0 Å². The molecule has 118 valence electrons. The molecule has 2 aliphatic rings. The van der Waals surface area contributed by atoms with E-state index in [9.17, 15) is 4.79 Å². The zero-order chi connectivity index (χ0) is 13.9. The molecule has 1 heterocycles. The molecular formula is C15H29ClN2O2. The summed E-state index contributed by atoms with van der Waals surface area (Å²) < 4.78 is 5.29. The van der Waals surface area contributed by atoms with Crippen molar-refractivity contribution in [2.24, 2.45) is 17.1 Å². The minimum Gasteiger partial charge on any atom is -0.381 e. The van der Waals surface area contributed by atoms with Gasteiger partial charge in [0.2, 0.25) is 5.91 Å². The molecule has 0 bridgehead atoms. The Hall–Kier alpha value is -0.320. The van der Waals surface area contributed by atoms with Crippen LogP contribution in [0.25, 0.3) is 0 Å². The number of carbonyl (C=O) groups is 1. The van der Waals surface area contributed by atoms with E-state index in [2.05, 4.69) is 19.2 Å². The molecule has 3 N–H and O–H groups in total. The average molecular weight is 305 g/mol. The monoisotopic (exact) mass is 304 g/mol. The molecule has 0 unspecified atom stereocenters. The number of carbonyl (C=O) groups excluding carboxylic acids is 1. The Morgan fingerprint density at radius 3 is 2.30 bits per heavy atom. The van der Waals surface area contributed by atoms with Crippen molar-refractivity contribution in [1.82, 2.24) is 5.32 Å². The Bertz CT molecular complexity index is 324. The number of amides is 1. The van der Waals surface area contributed by atoms with E-state index in [1.165, 1.54) is 25.7 Å². The van der Waals surface area contributed by atoms with Gasteiger partial charge in [-0.25, -0.2) is 0 Å². The molecule has 2 rings (SSSR count). The summed E-state index contributed by atoms with van der Waals surface area (Å²) in [6.07, 6.45) is 6.25. The van der Waals surface area contributed by atoms with Crippen LogP contribution < -0.4 is 11.1 Å². The number of hydrogen-bond donors (Lipinski definition) is 2. The third-order valence-corrected chi connectivity index (χ3v) is 4.72. The summed E-state index contributed by atoms with van der Waals surface area (Å²) in [6.45, 7) is 6.50. The van der Waals surface area contributed by atoms with Gasteiger partial charge < -0.3 is 15.8 Å². The summed E-state index contributed by atoms with van der Waals surface area (Å²) in [4.78, 5) is 12.3. The van der Waals surface area contributed by atoms with E-state index in [1.807, 2.05) is 0 Å². The highest BCUT2D eigenvalue weighted by Gasteiger charge is 2.40. The zero-order valence-corrected chi connectivity index (χ0v) is 13.6. The molecule has 0 aromatic rings. The summed E-state index contributed by atoms with van der Waals surface area (Å²) in [5, 5.41) is 3.12. The Labute approximate surface area is 128 Å². The quantitative estimate of drug-likeness (QED) is 0.819. The molecule has 20 heavy (non-hydrogen) atoms. The first-order chi connectivity index (χ1) is 8.96. The van der Waals surface area contributed by atoms with Gasteiger partial charge in [0, 0.05) is 19.8 Å². The van der Waals surface area contributed by atoms with Crippen LogP contribution >= 0.6 is 12.4 Å². The lowest BCUT2D eigenvalue weighted by Crippen LogP contribution is -2.58. The lowest BCUT2D eigenvalue weighted by molar-refractivity contribution is -0.130. The summed E-state index contributed by atoms with van der Waals surface area (Å²) in [5.41, 5.74) is 5.83. The zero-order valence-electron chi connectivity index (χ0n) is 12.7. The molecule has 1 amide bonds. The predicted molar refractivity (Wildman–Crippen MR) is 83.0 cm³/mol. The SMILES string of the molecule is CC(C)CC1(CNC(=O)C2(N)CCOCC2)CCC1.Cl. The molecule has 1 aliphatic heterocycles. The standard InChI is InChI=1S/C15H28N2O2.ClH/c1-12(2)10-14(4-3-5-14)11-17-13(18)15(16)6-8-19-9-7-15;/h12H,3-11,16H2,1-2H3,(H,17,18);1H. The smallest absolute Gasteiger partial charge is 0.240 e. The average Bonchev–Trinajstić information content (AvgIpc) is 2.32. The van der Waals surface area contributed by atoms with E-state index in [-0.39, 0.29) is 18.3 Å². The van der Waals surface area contributed by atoms with E-state index < -0.39 is 5.54 Å². The lowest BCUT2D eigenvalue weighted by atomic mass is 9.64. The van der Waals surface area contributed by atoms with E-state index in [0.717, 1.165) is 6.54 Å². The van der Waals surface area contributed by atoms with Crippen LogP contribution in [0, 0.1) is 11.3 Å². The largest absolute Gasteiger partial charge is 0.381 e. The van der Waals surface area contributed by atoms with Crippen LogP contribution in [-0.4, -0.2) is 31.2 Å². The molecule has 0 aromatic carbocycles. The van der Waals surface area contributed by atoms with Gasteiger partial charge in [0.05, 0.1) is 5.54 Å². The fraction of sp³-hybridized carbons (Fsp3) is 0.933. The second-order valence-electron chi connectivity index (χ2n) is 6.90. The van der Waals surface area contributed by atoms with Gasteiger partial charge in [-0.05, 0) is 43.4 Å². The maximum atomic E-state index is 12.3. The van der Waals surface area contributed by atoms with Crippen molar-refractivity contribution in [3.63, 3.8) is 0 Å². The van der Waals surface area contributed by atoms with Crippen molar-refractivity contribution in [1.29, 1.82) is 0 Å². The van der Waals surface area contributed by atoms with Gasteiger partial charge in [-0.3, -0.25) is 4.79 Å². The fourth-order valence-corrected chi connectivity index (χ4v) is 3.40. The van der Waals surface area contributed by atoms with Gasteiger partial charge in [-0.2, -0.15) is 0 Å². The van der Waals surface area contributed by atoms with Crippen LogP contribution in [0.15, 0.2) is 0 Å². The van der Waals surface area contributed by atoms with Crippen LogP contribution in [0.3, 0.4) is 0 Å². The van der Waals surface area contributed by atoms with Crippen molar-refractivity contribution in [2.75, 3.05) is 19.8 Å². The molecule has 5 heteroatoms. The first kappa shape index (κ1) is 17.7. The van der Waals surface area contributed by atoms with Crippen molar-refractivity contribution in [2.45, 2.75) is 57.9 Å². The van der Waals surface area contributed by atoms with Crippen LogP contribution in [0.5, 0.6) is 0 Å². The summed E-state index contributed by atoms with van der Waals surface area (Å²) in [5.74, 6) is 0.706. The van der Waals surface area contributed by atoms with Crippen molar-refractivity contribution < 1.29 is 9.53 Å². The molecule has 1 saturated carbocycles. The fourth-order valence-electron chi connectivity index (χ4n) is 3.40. The van der Waals surface area contributed by atoms with Gasteiger partial charge in [0.1, 0.15) is 0 Å². The van der Waals surface area contributed by atoms with Crippen molar-refractivity contribution >= 4 is 18.3 Å². The van der Waals surface area contributed by atoms with Gasteiger partial charge in [-0.1, -0.05) is 20.3 Å². The van der Waals surface area contributed by atoms with Crippen molar-refractivity contribution in [3.8, 4) is 0 Å². The number of halogens is 1. The molecule has 0 radical (unpaired) electrons. The van der Waals surface area contributed by atoms with E-state index in [1.54, 1.807) is 0 Å². The van der Waals surface area contributed by atoms with Gasteiger partial charge in [0.25, 0.3) is 0 Å². The molecule has 0 atom stereocenters. The maximum Gasteiger partial charge on any atom is 0.240 e. The summed E-state index contributed by atoms with van der Waals surface area (Å²) in [7, 11) is 0. The van der Waals surface area contributed by atoms with Gasteiger partial charge in [-0.15, -0.1) is 12.4 Å². The highest BCUT2D eigenvalue weighted by Crippen LogP contribution is 2.45. The van der Waals surface area contributed by atoms with Gasteiger partial charge in [0.15, 0.2) is 0 Å². The van der Waals surface area contributed by atoms with Crippen molar-refractivity contribution in [3.05, 3.63) is 0 Å². The van der Waals surface area contributed by atoms with Crippen LogP contribution in [0.2, 0.25) is 0 Å². The number of nitrogens with one attached hydrogen (secondary N) is 1. The minimum atomic E-state index is -0.707. The van der Waals surface area contributed by atoms with E-state index in [4.69, 9.17) is 10.5 Å². The molecular weight excluding hydrogens is 276 g/mol. The maximum absolute atomic E-state index is 12.3. The Kier molecular flexibility index (Phi) is 6.29. The first-order valence-corrected chi connectivity index (χ1v) is 7.61. The predicted octanol–water partition coefficient (Wildman–Crippen LogP) is 2.25. The first-order valence-electron chi connectivity index (χ1n) is 7.61.